The van der Waals surface area contributed by atoms with E-state index in [1.165, 1.54) is 12.1 Å². The molecule has 4 nitrogen and oxygen atoms in total. The van der Waals surface area contributed by atoms with Crippen LogP contribution in [0.4, 0.5) is 13.2 Å². The molecule has 0 unspecified atom stereocenters. The summed E-state index contributed by atoms with van der Waals surface area (Å²) in [6.07, 6.45) is -0.309. The molecule has 1 aromatic carbocycles. The number of nitrogens with zero attached hydrogens (tertiary/aromatic N) is 2. The quantitative estimate of drug-likeness (QED) is 0.805. The van der Waals surface area contributed by atoms with E-state index in [0.717, 1.165) is 49.2 Å². The number of carbonyl (C=O) groups is 1. The topological polar surface area (TPSA) is 45.2 Å². The normalized spacial score (nSPS) is 24.6. The molecule has 3 heterocycles. The zero-order chi connectivity index (χ0) is 19.2. The number of benzene rings is 1. The Balaban J connectivity index is 0.00000225. The molecule has 0 aliphatic carbocycles. The molecule has 2 fully saturated rings. The highest BCUT2D eigenvalue weighted by atomic mass is 35.5. The van der Waals surface area contributed by atoms with Gasteiger partial charge in [-0.25, -0.2) is 0 Å². The van der Waals surface area contributed by atoms with Gasteiger partial charge in [0.1, 0.15) is 5.54 Å². The van der Waals surface area contributed by atoms with Gasteiger partial charge in [0.05, 0.1) is 17.3 Å². The Bertz CT molecular complexity index is 872. The molecular weight excluding hydrogens is 391 g/mol. The van der Waals surface area contributed by atoms with Crippen LogP contribution < -0.4 is 5.32 Å². The van der Waals surface area contributed by atoms with E-state index in [4.69, 9.17) is 0 Å². The van der Waals surface area contributed by atoms with Crippen molar-refractivity contribution in [2.24, 2.45) is 0 Å². The first-order valence-corrected chi connectivity index (χ1v) is 8.95. The van der Waals surface area contributed by atoms with Gasteiger partial charge >= 0.3 is 6.18 Å². The Morgan fingerprint density at radius 1 is 1.14 bits per heavy atom. The predicted octanol–water partition coefficient (Wildman–Crippen LogP) is 4.21. The van der Waals surface area contributed by atoms with Crippen LogP contribution in [-0.4, -0.2) is 34.9 Å². The molecule has 2 aromatic rings. The van der Waals surface area contributed by atoms with Crippen LogP contribution >= 0.6 is 12.4 Å². The van der Waals surface area contributed by atoms with Crippen LogP contribution in [0, 0.1) is 0 Å². The molecule has 0 saturated carbocycles. The lowest BCUT2D eigenvalue weighted by molar-refractivity contribution is -0.137. The zero-order valence-corrected chi connectivity index (χ0v) is 16.1. The van der Waals surface area contributed by atoms with E-state index in [9.17, 15) is 18.0 Å². The summed E-state index contributed by atoms with van der Waals surface area (Å²) in [5.74, 6) is 0.129. The van der Waals surface area contributed by atoms with Crippen LogP contribution in [-0.2, 0) is 11.0 Å². The molecule has 4 rings (SSSR count). The van der Waals surface area contributed by atoms with Gasteiger partial charge in [-0.2, -0.15) is 13.2 Å². The van der Waals surface area contributed by atoms with Crippen molar-refractivity contribution in [3.05, 3.63) is 53.9 Å². The average molecular weight is 412 g/mol. The van der Waals surface area contributed by atoms with E-state index in [1.54, 1.807) is 17.2 Å². The van der Waals surface area contributed by atoms with Crippen molar-refractivity contribution in [1.29, 1.82) is 0 Å². The van der Waals surface area contributed by atoms with E-state index in [-0.39, 0.29) is 24.4 Å². The molecule has 28 heavy (non-hydrogen) atoms. The van der Waals surface area contributed by atoms with Crippen LogP contribution in [0.15, 0.2) is 42.6 Å². The number of pyridine rings is 1. The minimum atomic E-state index is -4.34. The number of amides is 1. The minimum Gasteiger partial charge on any atom is -0.344 e. The Kier molecular flexibility index (Phi) is 5.42. The standard InChI is InChI=1S/C20H20F3N3O.ClH/c1-26-11-9-19(18(26)27)8-6-16(25-19)17-12-14(7-10-24-17)13-2-4-15(5-3-13)20(21,22)23;/h2-5,7,10,12,16,25H,6,8-9,11H2,1H3;1H/t16-,19+;/m0./s1. The fourth-order valence-electron chi connectivity index (χ4n) is 4.06. The Hall–Kier alpha value is -2.12. The molecule has 1 aromatic heterocycles. The lowest BCUT2D eigenvalue weighted by atomic mass is 9.96. The number of halogens is 4. The average Bonchev–Trinajstić information content (AvgIpc) is 3.21. The monoisotopic (exact) mass is 411 g/mol. The van der Waals surface area contributed by atoms with Gasteiger partial charge in [-0.05, 0) is 54.7 Å². The van der Waals surface area contributed by atoms with E-state index in [2.05, 4.69) is 10.3 Å². The van der Waals surface area contributed by atoms with Gasteiger partial charge in [0.15, 0.2) is 0 Å². The maximum absolute atomic E-state index is 12.7. The number of aromatic nitrogens is 1. The van der Waals surface area contributed by atoms with Crippen LogP contribution in [0.3, 0.4) is 0 Å². The molecular formula is C20H21ClF3N3O. The van der Waals surface area contributed by atoms with Crippen molar-refractivity contribution in [1.82, 2.24) is 15.2 Å². The highest BCUT2D eigenvalue weighted by molar-refractivity contribution is 5.88. The Morgan fingerprint density at radius 3 is 2.46 bits per heavy atom. The van der Waals surface area contributed by atoms with Crippen molar-refractivity contribution in [3.8, 4) is 11.1 Å². The lowest BCUT2D eigenvalue weighted by Crippen LogP contribution is -2.47. The predicted molar refractivity (Wildman–Crippen MR) is 102 cm³/mol. The number of nitrogens with one attached hydrogen (secondary N) is 1. The first-order valence-electron chi connectivity index (χ1n) is 8.95. The number of likely N-dealkylation sites (N-methyl/N-ethyl adjacent to an activating group) is 1. The molecule has 0 radical (unpaired) electrons. The molecule has 2 aliphatic rings. The lowest BCUT2D eigenvalue weighted by Gasteiger charge is -2.23. The van der Waals surface area contributed by atoms with Crippen LogP contribution in [0.5, 0.6) is 0 Å². The molecule has 2 atom stereocenters. The Labute approximate surface area is 167 Å². The number of likely N-dealkylation sites (tertiary alicyclic amines) is 1. The van der Waals surface area contributed by atoms with Crippen molar-refractivity contribution >= 4 is 18.3 Å². The van der Waals surface area contributed by atoms with Crippen molar-refractivity contribution in [2.45, 2.75) is 37.0 Å². The molecule has 0 bridgehead atoms. The summed E-state index contributed by atoms with van der Waals surface area (Å²) in [6, 6.07) is 8.77. The fraction of sp³-hybridized carbons (Fsp3) is 0.400. The smallest absolute Gasteiger partial charge is 0.344 e. The SMILES string of the molecule is CN1CC[C@]2(CC[C@@H](c3cc(-c4ccc(C(F)(F)F)cc4)ccn3)N2)C1=O.Cl. The van der Waals surface area contributed by atoms with E-state index >= 15 is 0 Å². The van der Waals surface area contributed by atoms with Crippen molar-refractivity contribution in [2.75, 3.05) is 13.6 Å². The summed E-state index contributed by atoms with van der Waals surface area (Å²) in [5, 5.41) is 3.47. The molecule has 8 heteroatoms. The molecule has 2 aliphatic heterocycles. The van der Waals surface area contributed by atoms with Crippen LogP contribution in [0.1, 0.15) is 36.6 Å². The largest absolute Gasteiger partial charge is 0.416 e. The minimum absolute atomic E-state index is 0. The van der Waals surface area contributed by atoms with Gasteiger partial charge in [0.25, 0.3) is 0 Å². The summed E-state index contributed by atoms with van der Waals surface area (Å²) in [5.41, 5.74) is 1.17. The first-order chi connectivity index (χ1) is 12.8. The second-order valence-corrected chi connectivity index (χ2v) is 7.34. The maximum atomic E-state index is 12.7. The van der Waals surface area contributed by atoms with E-state index in [1.807, 2.05) is 13.1 Å². The summed E-state index contributed by atoms with van der Waals surface area (Å²) in [4.78, 5) is 18.6. The van der Waals surface area contributed by atoms with Gasteiger partial charge in [-0.15, -0.1) is 12.4 Å². The Morgan fingerprint density at radius 2 is 1.86 bits per heavy atom. The van der Waals surface area contributed by atoms with E-state index in [0.29, 0.717) is 5.56 Å². The summed E-state index contributed by atoms with van der Waals surface area (Å²) in [7, 11) is 1.82. The fourth-order valence-corrected chi connectivity index (χ4v) is 4.06. The first kappa shape index (κ1) is 20.6. The van der Waals surface area contributed by atoms with Gasteiger partial charge < -0.3 is 4.90 Å². The molecule has 1 amide bonds. The van der Waals surface area contributed by atoms with E-state index < -0.39 is 17.3 Å². The molecule has 2 saturated heterocycles. The highest BCUT2D eigenvalue weighted by Gasteiger charge is 2.50. The van der Waals surface area contributed by atoms with Crippen molar-refractivity contribution < 1.29 is 18.0 Å². The third-order valence-corrected chi connectivity index (χ3v) is 5.62. The molecule has 1 spiro atoms. The third kappa shape index (κ3) is 3.61. The number of alkyl halides is 3. The van der Waals surface area contributed by atoms with Gasteiger partial charge in [0, 0.05) is 19.8 Å². The highest BCUT2D eigenvalue weighted by Crippen LogP contribution is 2.39. The zero-order valence-electron chi connectivity index (χ0n) is 15.3. The van der Waals surface area contributed by atoms with Crippen LogP contribution in [0.25, 0.3) is 11.1 Å². The van der Waals surface area contributed by atoms with Crippen molar-refractivity contribution in [3.63, 3.8) is 0 Å². The van der Waals surface area contributed by atoms with Crippen LogP contribution in [0.2, 0.25) is 0 Å². The molecule has 1 N–H and O–H groups in total. The van der Waals surface area contributed by atoms with Gasteiger partial charge in [-0.1, -0.05) is 12.1 Å². The summed E-state index contributed by atoms with van der Waals surface area (Å²) in [6.45, 7) is 0.748. The second-order valence-electron chi connectivity index (χ2n) is 7.34. The van der Waals surface area contributed by atoms with Gasteiger partial charge in [-0.3, -0.25) is 15.1 Å². The summed E-state index contributed by atoms with van der Waals surface area (Å²) < 4.78 is 38.2. The second kappa shape index (κ2) is 7.37. The number of hydrogen-bond donors (Lipinski definition) is 1. The van der Waals surface area contributed by atoms with Gasteiger partial charge in [0.2, 0.25) is 5.91 Å². The molecule has 150 valence electrons. The maximum Gasteiger partial charge on any atom is 0.416 e. The number of carbonyl (C=O) groups excluding carboxylic acids is 1. The number of rotatable bonds is 2. The third-order valence-electron chi connectivity index (χ3n) is 5.62. The summed E-state index contributed by atoms with van der Waals surface area (Å²) >= 11 is 0. The number of hydrogen-bond acceptors (Lipinski definition) is 3.